The van der Waals surface area contributed by atoms with Crippen LogP contribution in [0.2, 0.25) is 0 Å². The van der Waals surface area contributed by atoms with E-state index < -0.39 is 5.97 Å². The topological polar surface area (TPSA) is 58.9 Å². The Bertz CT molecular complexity index is 475. The summed E-state index contributed by atoms with van der Waals surface area (Å²) in [5.41, 5.74) is 1.10. The first-order valence-electron chi connectivity index (χ1n) is 5.71. The van der Waals surface area contributed by atoms with Crippen molar-refractivity contribution in [2.45, 2.75) is 13.8 Å². The van der Waals surface area contributed by atoms with Crippen molar-refractivity contribution in [1.82, 2.24) is 0 Å². The van der Waals surface area contributed by atoms with Gasteiger partial charge in [-0.05, 0) is 13.8 Å². The quantitative estimate of drug-likeness (QED) is 0.385. The fraction of sp³-hybridized carbons (Fsp3) is 0.286. The highest BCUT2D eigenvalue weighted by molar-refractivity contribution is 6.23. The van der Waals surface area contributed by atoms with Gasteiger partial charge in [-0.25, -0.2) is 4.79 Å². The molecule has 18 heavy (non-hydrogen) atoms. The number of ether oxygens (including phenoxy) is 1. The van der Waals surface area contributed by atoms with E-state index in [0.29, 0.717) is 11.3 Å². The largest absolute Gasteiger partial charge is 0.506 e. The van der Waals surface area contributed by atoms with E-state index in [1.54, 1.807) is 45.2 Å². The van der Waals surface area contributed by atoms with E-state index in [-0.39, 0.29) is 17.9 Å². The molecule has 0 amide bonds. The van der Waals surface area contributed by atoms with Crippen LogP contribution in [0.1, 0.15) is 19.4 Å². The summed E-state index contributed by atoms with van der Waals surface area (Å²) in [5, 5.41) is 10.2. The van der Waals surface area contributed by atoms with Gasteiger partial charge in [-0.2, -0.15) is 0 Å². The molecule has 4 nitrogen and oxygen atoms in total. The molecular weight excluding hydrogens is 230 g/mol. The summed E-state index contributed by atoms with van der Waals surface area (Å²) in [5.74, 6) is -0.681. The Morgan fingerprint density at radius 1 is 1.33 bits per heavy atom. The lowest BCUT2D eigenvalue weighted by molar-refractivity contribution is -0.137. The van der Waals surface area contributed by atoms with Crippen LogP contribution in [0.3, 0.4) is 0 Å². The molecule has 0 spiro atoms. The third-order valence-electron chi connectivity index (χ3n) is 2.46. The summed E-state index contributed by atoms with van der Waals surface area (Å²) in [6.07, 6.45) is 0. The Kier molecular flexibility index (Phi) is 5.11. The average Bonchev–Trinajstić information content (AvgIpc) is 2.40. The molecule has 0 saturated heterocycles. The summed E-state index contributed by atoms with van der Waals surface area (Å²) < 4.78 is 4.93. The van der Waals surface area contributed by atoms with Crippen molar-refractivity contribution in [3.63, 3.8) is 0 Å². The van der Waals surface area contributed by atoms with Crippen molar-refractivity contribution in [2.24, 2.45) is 4.99 Å². The summed E-state index contributed by atoms with van der Waals surface area (Å²) in [7, 11) is 1.56. The van der Waals surface area contributed by atoms with Gasteiger partial charge in [-0.3, -0.25) is 4.99 Å². The van der Waals surface area contributed by atoms with Crippen molar-refractivity contribution >= 4 is 17.4 Å². The van der Waals surface area contributed by atoms with Crippen LogP contribution in [0.4, 0.5) is 0 Å². The van der Waals surface area contributed by atoms with Gasteiger partial charge in [-0.15, -0.1) is 0 Å². The first kappa shape index (κ1) is 14.0. The van der Waals surface area contributed by atoms with Crippen molar-refractivity contribution in [3.8, 4) is 0 Å². The van der Waals surface area contributed by atoms with Gasteiger partial charge in [0, 0.05) is 18.3 Å². The molecule has 0 heterocycles. The lowest BCUT2D eigenvalue weighted by Crippen LogP contribution is -2.16. The zero-order valence-corrected chi connectivity index (χ0v) is 10.8. The molecule has 0 radical (unpaired) electrons. The molecule has 4 heteroatoms. The second-order valence-corrected chi connectivity index (χ2v) is 3.62. The van der Waals surface area contributed by atoms with Crippen molar-refractivity contribution < 1.29 is 14.6 Å². The van der Waals surface area contributed by atoms with Crippen molar-refractivity contribution in [1.29, 1.82) is 0 Å². The molecule has 1 N–H and O–H groups in total. The lowest BCUT2D eigenvalue weighted by Gasteiger charge is -2.09. The van der Waals surface area contributed by atoms with Crippen LogP contribution in [0.25, 0.3) is 5.76 Å². The third-order valence-corrected chi connectivity index (χ3v) is 2.46. The van der Waals surface area contributed by atoms with Crippen LogP contribution in [0.5, 0.6) is 0 Å². The van der Waals surface area contributed by atoms with E-state index in [0.717, 1.165) is 0 Å². The number of aliphatic hydroxyl groups excluding tert-OH is 1. The number of carbonyl (C=O) groups is 1. The Hall–Kier alpha value is -2.10. The second-order valence-electron chi connectivity index (χ2n) is 3.62. The van der Waals surface area contributed by atoms with E-state index in [9.17, 15) is 9.90 Å². The highest BCUT2D eigenvalue weighted by Gasteiger charge is 2.20. The summed E-state index contributed by atoms with van der Waals surface area (Å²) >= 11 is 0. The van der Waals surface area contributed by atoms with Crippen LogP contribution in [0.15, 0.2) is 40.9 Å². The van der Waals surface area contributed by atoms with Gasteiger partial charge < -0.3 is 9.84 Å². The number of benzene rings is 1. The minimum atomic E-state index is -0.568. The lowest BCUT2D eigenvalue weighted by atomic mass is 10.1. The van der Waals surface area contributed by atoms with Crippen LogP contribution in [0, 0.1) is 0 Å². The SMILES string of the molecule is CCOC(=O)/C(C(C)=NC)=C(\O)c1ccccc1. The van der Waals surface area contributed by atoms with Gasteiger partial charge in [0.05, 0.1) is 6.61 Å². The molecule has 0 bridgehead atoms. The molecule has 0 unspecified atom stereocenters. The fourth-order valence-corrected chi connectivity index (χ4v) is 1.47. The smallest absolute Gasteiger partial charge is 0.343 e. The molecule has 0 fully saturated rings. The molecule has 1 rings (SSSR count). The van der Waals surface area contributed by atoms with E-state index in [1.807, 2.05) is 6.07 Å². The predicted octanol–water partition coefficient (Wildman–Crippen LogP) is 2.61. The summed E-state index contributed by atoms with van der Waals surface area (Å²) in [6.45, 7) is 3.63. The zero-order chi connectivity index (χ0) is 13.5. The molecule has 0 aliphatic carbocycles. The summed E-state index contributed by atoms with van der Waals surface area (Å²) in [6, 6.07) is 8.84. The van der Waals surface area contributed by atoms with Gasteiger partial charge in [0.2, 0.25) is 0 Å². The first-order valence-corrected chi connectivity index (χ1v) is 5.71. The number of aliphatic imine (C=N–C) groups is 1. The Morgan fingerprint density at radius 3 is 2.44 bits per heavy atom. The number of aliphatic hydroxyl groups is 1. The van der Waals surface area contributed by atoms with Crippen LogP contribution < -0.4 is 0 Å². The maximum Gasteiger partial charge on any atom is 0.343 e. The van der Waals surface area contributed by atoms with E-state index in [2.05, 4.69) is 4.99 Å². The normalized spacial score (nSPS) is 12.9. The maximum absolute atomic E-state index is 11.8. The number of hydrogen-bond donors (Lipinski definition) is 1. The number of hydrogen-bond acceptors (Lipinski definition) is 4. The number of carbonyl (C=O) groups excluding carboxylic acids is 1. The monoisotopic (exact) mass is 247 g/mol. The van der Waals surface area contributed by atoms with Gasteiger partial charge in [0.15, 0.2) is 0 Å². The molecule has 96 valence electrons. The molecule has 0 aromatic heterocycles. The molecule has 0 aliphatic rings. The number of rotatable bonds is 4. The van der Waals surface area contributed by atoms with E-state index in [1.165, 1.54) is 0 Å². The van der Waals surface area contributed by atoms with E-state index in [4.69, 9.17) is 4.74 Å². The van der Waals surface area contributed by atoms with Gasteiger partial charge in [-0.1, -0.05) is 30.3 Å². The van der Waals surface area contributed by atoms with Gasteiger partial charge in [0.25, 0.3) is 0 Å². The van der Waals surface area contributed by atoms with Crippen LogP contribution >= 0.6 is 0 Å². The molecule has 1 aromatic carbocycles. The van der Waals surface area contributed by atoms with Crippen molar-refractivity contribution in [3.05, 3.63) is 41.5 Å². The van der Waals surface area contributed by atoms with Gasteiger partial charge >= 0.3 is 5.97 Å². The minimum Gasteiger partial charge on any atom is -0.506 e. The predicted molar refractivity (Wildman–Crippen MR) is 71.7 cm³/mol. The van der Waals surface area contributed by atoms with Crippen LogP contribution in [-0.4, -0.2) is 30.4 Å². The average molecular weight is 247 g/mol. The minimum absolute atomic E-state index is 0.102. The standard InChI is InChI=1S/C14H17NO3/c1-4-18-14(17)12(10(2)15-3)13(16)11-8-6-5-7-9-11/h5-9,16H,4H2,1-3H3/b13-12-,15-10?. The van der Waals surface area contributed by atoms with Gasteiger partial charge in [0.1, 0.15) is 11.3 Å². The second kappa shape index (κ2) is 6.59. The Balaban J connectivity index is 3.28. The zero-order valence-electron chi connectivity index (χ0n) is 10.8. The molecule has 0 saturated carbocycles. The maximum atomic E-state index is 11.8. The Labute approximate surface area is 107 Å². The molecule has 1 aromatic rings. The molecule has 0 aliphatic heterocycles. The number of esters is 1. The molecule has 0 atom stereocenters. The Morgan fingerprint density at radius 2 is 1.94 bits per heavy atom. The summed E-state index contributed by atoms with van der Waals surface area (Å²) in [4.78, 5) is 15.8. The van der Waals surface area contributed by atoms with Crippen LogP contribution in [-0.2, 0) is 9.53 Å². The molecular formula is C14H17NO3. The third kappa shape index (κ3) is 3.20. The van der Waals surface area contributed by atoms with Crippen molar-refractivity contribution in [2.75, 3.05) is 13.7 Å². The fourth-order valence-electron chi connectivity index (χ4n) is 1.47. The van der Waals surface area contributed by atoms with E-state index >= 15 is 0 Å². The highest BCUT2D eigenvalue weighted by Crippen LogP contribution is 2.18. The number of nitrogens with zero attached hydrogens (tertiary/aromatic N) is 1. The highest BCUT2D eigenvalue weighted by atomic mass is 16.5. The first-order chi connectivity index (χ1) is 8.61.